The van der Waals surface area contributed by atoms with Crippen LogP contribution < -0.4 is 5.32 Å². The molecule has 0 saturated carbocycles. The highest BCUT2D eigenvalue weighted by molar-refractivity contribution is 6.04. The van der Waals surface area contributed by atoms with Gasteiger partial charge in [-0.2, -0.15) is 5.26 Å². The van der Waals surface area contributed by atoms with Crippen LogP contribution in [0.25, 0.3) is 17.0 Å². The first-order valence-corrected chi connectivity index (χ1v) is 8.19. The molecule has 3 rings (SSSR count). The third-order valence-electron chi connectivity index (χ3n) is 3.99. The Hall–Kier alpha value is -3.65. The van der Waals surface area contributed by atoms with Gasteiger partial charge in [-0.3, -0.25) is 9.78 Å². The van der Waals surface area contributed by atoms with Gasteiger partial charge in [0.25, 0.3) is 5.91 Å². The molecule has 5 nitrogen and oxygen atoms in total. The van der Waals surface area contributed by atoms with Crippen LogP contribution in [-0.2, 0) is 11.2 Å². The van der Waals surface area contributed by atoms with Crippen LogP contribution in [0, 0.1) is 11.3 Å². The molecule has 5 heteroatoms. The predicted octanol–water partition coefficient (Wildman–Crippen LogP) is 3.21. The molecule has 0 aliphatic heterocycles. The lowest BCUT2D eigenvalue weighted by molar-refractivity contribution is -0.117. The summed E-state index contributed by atoms with van der Waals surface area (Å²) in [6, 6.07) is 18.4. The van der Waals surface area contributed by atoms with Crippen molar-refractivity contribution >= 4 is 22.9 Å². The van der Waals surface area contributed by atoms with E-state index in [9.17, 15) is 15.2 Å². The maximum Gasteiger partial charge on any atom is 0.261 e. The summed E-state index contributed by atoms with van der Waals surface area (Å²) in [5.74, 6) is -0.364. The second-order valence-corrected chi connectivity index (χ2v) is 5.73. The number of hydrogen-bond acceptors (Lipinski definition) is 4. The van der Waals surface area contributed by atoms with Crippen LogP contribution in [0.3, 0.4) is 0 Å². The molecular weight excluding hydrogens is 326 g/mol. The predicted molar refractivity (Wildman–Crippen MR) is 100 cm³/mol. The van der Waals surface area contributed by atoms with Crippen LogP contribution in [0.4, 0.5) is 0 Å². The van der Waals surface area contributed by atoms with E-state index in [1.807, 2.05) is 36.4 Å². The number of carbonyl (C=O) groups excluding carboxylic acids is 1. The van der Waals surface area contributed by atoms with Crippen molar-refractivity contribution in [1.29, 1.82) is 5.26 Å². The van der Waals surface area contributed by atoms with E-state index in [0.29, 0.717) is 29.4 Å². The lowest BCUT2D eigenvalue weighted by Gasteiger charge is -2.06. The van der Waals surface area contributed by atoms with Gasteiger partial charge in [-0.1, -0.05) is 42.5 Å². The number of fused-ring (bicyclic) bond motifs is 1. The Kier molecular flexibility index (Phi) is 5.25. The highest BCUT2D eigenvalue weighted by Crippen LogP contribution is 2.26. The van der Waals surface area contributed by atoms with Crippen LogP contribution in [0.2, 0.25) is 0 Å². The zero-order chi connectivity index (χ0) is 18.4. The standard InChI is InChI=1S/C21H17N3O2/c22-14-17(21(26)24-12-10-15-5-2-1-3-6-15)13-16-8-9-19(25)20-18(16)7-4-11-23-20/h1-9,11,13,25H,10,12H2,(H,24,26). The SMILES string of the molecule is N#CC(=Cc1ccc(O)c2ncccc12)C(=O)NCCc1ccccc1. The average molecular weight is 343 g/mol. The van der Waals surface area contributed by atoms with E-state index in [-0.39, 0.29) is 11.3 Å². The molecule has 26 heavy (non-hydrogen) atoms. The third-order valence-corrected chi connectivity index (χ3v) is 3.99. The maximum atomic E-state index is 12.3. The van der Waals surface area contributed by atoms with E-state index in [1.54, 1.807) is 24.4 Å². The van der Waals surface area contributed by atoms with Gasteiger partial charge in [-0.25, -0.2) is 0 Å². The molecule has 0 radical (unpaired) electrons. The zero-order valence-corrected chi connectivity index (χ0v) is 14.0. The van der Waals surface area contributed by atoms with Crippen LogP contribution in [-0.4, -0.2) is 22.5 Å². The smallest absolute Gasteiger partial charge is 0.261 e. The number of rotatable bonds is 5. The van der Waals surface area contributed by atoms with E-state index in [4.69, 9.17) is 0 Å². The molecule has 0 saturated heterocycles. The highest BCUT2D eigenvalue weighted by atomic mass is 16.3. The van der Waals surface area contributed by atoms with E-state index >= 15 is 0 Å². The van der Waals surface area contributed by atoms with Gasteiger partial charge >= 0.3 is 0 Å². The lowest BCUT2D eigenvalue weighted by Crippen LogP contribution is -2.26. The summed E-state index contributed by atoms with van der Waals surface area (Å²) in [6.07, 6.45) is 3.79. The number of amides is 1. The molecule has 0 spiro atoms. The number of nitrogens with one attached hydrogen (secondary N) is 1. The zero-order valence-electron chi connectivity index (χ0n) is 14.0. The fraction of sp³-hybridized carbons (Fsp3) is 0.0952. The molecule has 3 aromatic rings. The highest BCUT2D eigenvalue weighted by Gasteiger charge is 2.11. The molecule has 0 aliphatic carbocycles. The summed E-state index contributed by atoms with van der Waals surface area (Å²) < 4.78 is 0. The van der Waals surface area contributed by atoms with Gasteiger partial charge in [0.1, 0.15) is 22.9 Å². The molecule has 0 unspecified atom stereocenters. The molecule has 1 heterocycles. The van der Waals surface area contributed by atoms with E-state index < -0.39 is 5.91 Å². The van der Waals surface area contributed by atoms with Crippen molar-refractivity contribution in [3.63, 3.8) is 0 Å². The molecule has 1 amide bonds. The van der Waals surface area contributed by atoms with Gasteiger partial charge in [0.2, 0.25) is 0 Å². The molecule has 0 aliphatic rings. The number of phenolic OH excluding ortho intramolecular Hbond substituents is 1. The van der Waals surface area contributed by atoms with E-state index in [2.05, 4.69) is 10.3 Å². The van der Waals surface area contributed by atoms with Gasteiger partial charge in [0.15, 0.2) is 0 Å². The number of nitrogens with zero attached hydrogens (tertiary/aromatic N) is 2. The fourth-order valence-electron chi connectivity index (χ4n) is 2.67. The molecule has 0 fully saturated rings. The minimum Gasteiger partial charge on any atom is -0.506 e. The number of hydrogen-bond donors (Lipinski definition) is 2. The van der Waals surface area contributed by atoms with Crippen molar-refractivity contribution in [3.8, 4) is 11.8 Å². The number of benzene rings is 2. The fourth-order valence-corrected chi connectivity index (χ4v) is 2.67. The number of pyridine rings is 1. The number of carbonyl (C=O) groups is 1. The van der Waals surface area contributed by atoms with Crippen molar-refractivity contribution in [1.82, 2.24) is 10.3 Å². The molecule has 2 N–H and O–H groups in total. The number of aromatic nitrogens is 1. The molecule has 1 aromatic heterocycles. The Labute approximate surface area is 151 Å². The van der Waals surface area contributed by atoms with Crippen molar-refractivity contribution in [2.75, 3.05) is 6.54 Å². The van der Waals surface area contributed by atoms with Crippen LogP contribution in [0.1, 0.15) is 11.1 Å². The Morgan fingerprint density at radius 2 is 1.96 bits per heavy atom. The Morgan fingerprint density at radius 3 is 2.73 bits per heavy atom. The minimum absolute atomic E-state index is 0.00824. The second-order valence-electron chi connectivity index (χ2n) is 5.73. The van der Waals surface area contributed by atoms with Gasteiger partial charge in [-0.15, -0.1) is 0 Å². The third kappa shape index (κ3) is 3.87. The van der Waals surface area contributed by atoms with Gasteiger partial charge < -0.3 is 10.4 Å². The molecule has 0 bridgehead atoms. The summed E-state index contributed by atoms with van der Waals surface area (Å²) in [4.78, 5) is 16.4. The second kappa shape index (κ2) is 7.95. The monoisotopic (exact) mass is 343 g/mol. The molecule has 128 valence electrons. The topological polar surface area (TPSA) is 86.0 Å². The summed E-state index contributed by atoms with van der Waals surface area (Å²) in [7, 11) is 0. The minimum atomic E-state index is -0.423. The van der Waals surface area contributed by atoms with Gasteiger partial charge in [0.05, 0.1) is 0 Å². The molecular formula is C21H17N3O2. The molecule has 0 atom stereocenters. The Balaban J connectivity index is 1.77. The first-order chi connectivity index (χ1) is 12.7. The van der Waals surface area contributed by atoms with Crippen LogP contribution in [0.5, 0.6) is 5.75 Å². The van der Waals surface area contributed by atoms with Crippen molar-refractivity contribution < 1.29 is 9.90 Å². The number of aromatic hydroxyl groups is 1. The van der Waals surface area contributed by atoms with Gasteiger partial charge in [-0.05, 0) is 35.8 Å². The van der Waals surface area contributed by atoms with E-state index in [1.165, 1.54) is 12.1 Å². The van der Waals surface area contributed by atoms with Crippen molar-refractivity contribution in [3.05, 3.63) is 77.5 Å². The van der Waals surface area contributed by atoms with Crippen molar-refractivity contribution in [2.45, 2.75) is 6.42 Å². The Morgan fingerprint density at radius 1 is 1.15 bits per heavy atom. The van der Waals surface area contributed by atoms with Crippen LogP contribution in [0.15, 0.2) is 66.4 Å². The van der Waals surface area contributed by atoms with Gasteiger partial charge in [0, 0.05) is 18.1 Å². The largest absolute Gasteiger partial charge is 0.506 e. The van der Waals surface area contributed by atoms with Crippen LogP contribution >= 0.6 is 0 Å². The summed E-state index contributed by atoms with van der Waals surface area (Å²) >= 11 is 0. The first-order valence-electron chi connectivity index (χ1n) is 8.19. The quantitative estimate of drug-likeness (QED) is 0.550. The average Bonchev–Trinajstić information content (AvgIpc) is 2.68. The maximum absolute atomic E-state index is 12.3. The molecule has 2 aromatic carbocycles. The summed E-state index contributed by atoms with van der Waals surface area (Å²) in [5.41, 5.74) is 2.21. The summed E-state index contributed by atoms with van der Waals surface area (Å²) in [6.45, 7) is 0.444. The normalized spacial score (nSPS) is 11.1. The first kappa shape index (κ1) is 17.2. The van der Waals surface area contributed by atoms with Crippen molar-refractivity contribution in [2.24, 2.45) is 0 Å². The Bertz CT molecular complexity index is 1000. The van der Waals surface area contributed by atoms with E-state index in [0.717, 1.165) is 5.56 Å². The summed E-state index contributed by atoms with van der Waals surface area (Å²) in [5, 5.41) is 22.7. The number of nitriles is 1. The lowest BCUT2D eigenvalue weighted by atomic mass is 10.0. The number of phenols is 1.